The van der Waals surface area contributed by atoms with Crippen molar-refractivity contribution in [2.45, 2.75) is 46.6 Å². The van der Waals surface area contributed by atoms with E-state index in [1.54, 1.807) is 6.33 Å². The van der Waals surface area contributed by atoms with Crippen molar-refractivity contribution in [1.82, 2.24) is 9.97 Å². The number of aryl methyl sites for hydroxylation is 4. The summed E-state index contributed by atoms with van der Waals surface area (Å²) in [5, 5.41) is 0. The van der Waals surface area contributed by atoms with Crippen molar-refractivity contribution in [2.75, 3.05) is 0 Å². The third-order valence-electron chi connectivity index (χ3n) is 3.37. The van der Waals surface area contributed by atoms with Gasteiger partial charge in [0.1, 0.15) is 0 Å². The van der Waals surface area contributed by atoms with Crippen LogP contribution in [0.5, 0.6) is 0 Å². The maximum absolute atomic E-state index is 4.07. The number of hydrogen-bond acceptors (Lipinski definition) is 1. The van der Waals surface area contributed by atoms with E-state index in [9.17, 15) is 0 Å². The van der Waals surface area contributed by atoms with Gasteiger partial charge in [0.05, 0.1) is 6.33 Å². The zero-order valence-corrected chi connectivity index (χ0v) is 11.5. The molecule has 96 valence electrons. The zero-order chi connectivity index (χ0) is 13.0. The van der Waals surface area contributed by atoms with Gasteiger partial charge in [0.2, 0.25) is 0 Å². The van der Waals surface area contributed by atoms with Crippen LogP contribution < -0.4 is 4.57 Å². The average molecular weight is 244 g/mol. The molecule has 0 saturated heterocycles. The SMILES string of the molecule is CCc1cc(C)cc(CC)[n+]1CCc1cnc[nH]1. The van der Waals surface area contributed by atoms with Crippen molar-refractivity contribution in [3.8, 4) is 0 Å². The van der Waals surface area contributed by atoms with Gasteiger partial charge in [-0.05, 0) is 12.5 Å². The Morgan fingerprint density at radius 3 is 2.33 bits per heavy atom. The van der Waals surface area contributed by atoms with Crippen LogP contribution in [0, 0.1) is 6.92 Å². The molecule has 0 aliphatic heterocycles. The molecule has 0 spiro atoms. The number of aromatic nitrogens is 3. The molecule has 18 heavy (non-hydrogen) atoms. The Labute approximate surface area is 109 Å². The molecule has 0 atom stereocenters. The van der Waals surface area contributed by atoms with Crippen molar-refractivity contribution in [3.05, 3.63) is 47.3 Å². The molecule has 1 N–H and O–H groups in total. The van der Waals surface area contributed by atoms with E-state index in [4.69, 9.17) is 0 Å². The second-order valence-electron chi connectivity index (χ2n) is 4.70. The number of nitrogens with zero attached hydrogens (tertiary/aromatic N) is 2. The number of H-pyrrole nitrogens is 1. The molecule has 0 bridgehead atoms. The van der Waals surface area contributed by atoms with E-state index < -0.39 is 0 Å². The fraction of sp³-hybridized carbons (Fsp3) is 0.467. The summed E-state index contributed by atoms with van der Waals surface area (Å²) in [6.07, 6.45) is 6.83. The number of hydrogen-bond donors (Lipinski definition) is 1. The van der Waals surface area contributed by atoms with Crippen LogP contribution in [0.25, 0.3) is 0 Å². The lowest BCUT2D eigenvalue weighted by Gasteiger charge is -2.08. The van der Waals surface area contributed by atoms with Gasteiger partial charge in [-0.1, -0.05) is 13.8 Å². The van der Waals surface area contributed by atoms with Gasteiger partial charge in [0.15, 0.2) is 17.9 Å². The normalized spacial score (nSPS) is 10.8. The minimum Gasteiger partial charge on any atom is -0.348 e. The van der Waals surface area contributed by atoms with Crippen LogP contribution in [0.2, 0.25) is 0 Å². The highest BCUT2D eigenvalue weighted by Gasteiger charge is 2.15. The number of aromatic amines is 1. The van der Waals surface area contributed by atoms with E-state index in [-0.39, 0.29) is 0 Å². The Bertz CT molecular complexity index is 475. The summed E-state index contributed by atoms with van der Waals surface area (Å²) in [5.41, 5.74) is 5.41. The standard InChI is InChI=1S/C15H22N3/c1-4-14-8-12(3)9-15(5-2)18(14)7-6-13-10-16-11-17-13/h8-11H,4-7H2,1-3H3,(H,16,17)/q+1. The van der Waals surface area contributed by atoms with Gasteiger partial charge in [0, 0.05) is 43.3 Å². The maximum Gasteiger partial charge on any atom is 0.181 e. The van der Waals surface area contributed by atoms with Crippen molar-refractivity contribution in [1.29, 1.82) is 0 Å². The Morgan fingerprint density at radius 1 is 1.17 bits per heavy atom. The first-order valence-electron chi connectivity index (χ1n) is 6.74. The Balaban J connectivity index is 2.24. The Hall–Kier alpha value is -1.64. The molecule has 2 aromatic heterocycles. The molecule has 0 aliphatic carbocycles. The van der Waals surface area contributed by atoms with Crippen LogP contribution >= 0.6 is 0 Å². The molecule has 0 unspecified atom stereocenters. The quantitative estimate of drug-likeness (QED) is 0.805. The van der Waals surface area contributed by atoms with Gasteiger partial charge in [0.25, 0.3) is 0 Å². The van der Waals surface area contributed by atoms with Gasteiger partial charge in [-0.25, -0.2) is 4.98 Å². The van der Waals surface area contributed by atoms with Crippen molar-refractivity contribution >= 4 is 0 Å². The highest BCUT2D eigenvalue weighted by atomic mass is 15.0. The van der Waals surface area contributed by atoms with Crippen LogP contribution in [0.4, 0.5) is 0 Å². The molecule has 0 radical (unpaired) electrons. The van der Waals surface area contributed by atoms with Crippen molar-refractivity contribution in [2.24, 2.45) is 0 Å². The summed E-state index contributed by atoms with van der Waals surface area (Å²) in [7, 11) is 0. The fourth-order valence-electron chi connectivity index (χ4n) is 2.43. The Kier molecular flexibility index (Phi) is 4.13. The van der Waals surface area contributed by atoms with Gasteiger partial charge >= 0.3 is 0 Å². The first kappa shape index (κ1) is 12.8. The molecule has 3 nitrogen and oxygen atoms in total. The molecule has 0 aliphatic rings. The van der Waals surface area contributed by atoms with Gasteiger partial charge < -0.3 is 4.98 Å². The van der Waals surface area contributed by atoms with E-state index in [0.29, 0.717) is 0 Å². The van der Waals surface area contributed by atoms with E-state index in [1.807, 2.05) is 6.20 Å². The molecule has 2 rings (SSSR count). The summed E-state index contributed by atoms with van der Waals surface area (Å²) in [6.45, 7) is 7.65. The van der Waals surface area contributed by atoms with E-state index in [1.165, 1.54) is 22.6 Å². The van der Waals surface area contributed by atoms with Crippen LogP contribution in [0.1, 0.15) is 36.5 Å². The molecule has 0 saturated carbocycles. The zero-order valence-electron chi connectivity index (χ0n) is 11.5. The average Bonchev–Trinajstić information content (AvgIpc) is 2.89. The highest BCUT2D eigenvalue weighted by molar-refractivity contribution is 5.15. The molecule has 2 heterocycles. The predicted octanol–water partition coefficient (Wildman–Crippen LogP) is 2.37. The Morgan fingerprint density at radius 2 is 1.83 bits per heavy atom. The number of rotatable bonds is 5. The lowest BCUT2D eigenvalue weighted by atomic mass is 10.1. The molecule has 2 aromatic rings. The lowest BCUT2D eigenvalue weighted by Crippen LogP contribution is -2.43. The van der Waals surface area contributed by atoms with Gasteiger partial charge in [-0.2, -0.15) is 4.57 Å². The van der Waals surface area contributed by atoms with Gasteiger partial charge in [-0.3, -0.25) is 0 Å². The second kappa shape index (κ2) is 5.80. The van der Waals surface area contributed by atoms with Crippen LogP contribution in [0.15, 0.2) is 24.7 Å². The van der Waals surface area contributed by atoms with Gasteiger partial charge in [-0.15, -0.1) is 0 Å². The summed E-state index contributed by atoms with van der Waals surface area (Å²) in [4.78, 5) is 7.24. The summed E-state index contributed by atoms with van der Waals surface area (Å²) in [5.74, 6) is 0. The summed E-state index contributed by atoms with van der Waals surface area (Å²) in [6, 6.07) is 4.60. The molecule has 0 fully saturated rings. The third-order valence-corrected chi connectivity index (χ3v) is 3.37. The highest BCUT2D eigenvalue weighted by Crippen LogP contribution is 2.06. The van der Waals surface area contributed by atoms with Crippen LogP contribution in [-0.4, -0.2) is 9.97 Å². The molecular formula is C15H22N3+. The summed E-state index contributed by atoms with van der Waals surface area (Å²) >= 11 is 0. The third kappa shape index (κ3) is 2.78. The predicted molar refractivity (Wildman–Crippen MR) is 72.4 cm³/mol. The molecule has 3 heteroatoms. The first-order valence-corrected chi connectivity index (χ1v) is 6.74. The van der Waals surface area contributed by atoms with E-state index >= 15 is 0 Å². The maximum atomic E-state index is 4.07. The minimum atomic E-state index is 1.01. The molecule has 0 aromatic carbocycles. The van der Waals surface area contributed by atoms with E-state index in [0.717, 1.165) is 25.8 Å². The second-order valence-corrected chi connectivity index (χ2v) is 4.70. The van der Waals surface area contributed by atoms with Crippen molar-refractivity contribution < 1.29 is 4.57 Å². The molecule has 0 amide bonds. The van der Waals surface area contributed by atoms with Crippen molar-refractivity contribution in [3.63, 3.8) is 0 Å². The number of imidazole rings is 1. The van der Waals surface area contributed by atoms with Crippen LogP contribution in [0.3, 0.4) is 0 Å². The number of pyridine rings is 1. The monoisotopic (exact) mass is 244 g/mol. The molecular weight excluding hydrogens is 222 g/mol. The summed E-state index contributed by atoms with van der Waals surface area (Å²) < 4.78 is 2.45. The number of nitrogens with one attached hydrogen (secondary N) is 1. The minimum absolute atomic E-state index is 1.01. The van der Waals surface area contributed by atoms with Crippen LogP contribution in [-0.2, 0) is 25.8 Å². The first-order chi connectivity index (χ1) is 8.74. The smallest absolute Gasteiger partial charge is 0.181 e. The van der Waals surface area contributed by atoms with E-state index in [2.05, 4.69) is 47.4 Å². The lowest BCUT2D eigenvalue weighted by molar-refractivity contribution is -0.710. The topological polar surface area (TPSA) is 32.6 Å². The fourth-order valence-corrected chi connectivity index (χ4v) is 2.43. The largest absolute Gasteiger partial charge is 0.348 e.